The van der Waals surface area contributed by atoms with Crippen LogP contribution in [0.4, 0.5) is 5.69 Å². The normalized spacial score (nSPS) is 22.9. The number of nitro benzene ring substituents is 1. The lowest BCUT2D eigenvalue weighted by molar-refractivity contribution is -0.385. The van der Waals surface area contributed by atoms with Gasteiger partial charge in [0.05, 0.1) is 9.82 Å². The summed E-state index contributed by atoms with van der Waals surface area (Å²) in [6.45, 7) is 6.01. The highest BCUT2D eigenvalue weighted by Gasteiger charge is 2.33. The summed E-state index contributed by atoms with van der Waals surface area (Å²) in [5.41, 5.74) is 0.00800. The smallest absolute Gasteiger partial charge is 0.273 e. The zero-order valence-corrected chi connectivity index (χ0v) is 14.3. The molecule has 0 radical (unpaired) electrons. The minimum Gasteiger partial charge on any atom is -0.309 e. The van der Waals surface area contributed by atoms with Gasteiger partial charge < -0.3 is 5.32 Å². The summed E-state index contributed by atoms with van der Waals surface area (Å²) < 4.78 is 26.9. The summed E-state index contributed by atoms with van der Waals surface area (Å²) in [5, 5.41) is 14.2. The predicted molar refractivity (Wildman–Crippen MR) is 85.9 cm³/mol. The van der Waals surface area contributed by atoms with Gasteiger partial charge in [0.15, 0.2) is 0 Å². The molecular formula is C13H20ClN3O4S. The number of piperazine rings is 1. The molecule has 0 amide bonds. The average molecular weight is 350 g/mol. The van der Waals surface area contributed by atoms with Crippen LogP contribution in [0.1, 0.15) is 19.4 Å². The van der Waals surface area contributed by atoms with E-state index in [0.717, 1.165) is 0 Å². The van der Waals surface area contributed by atoms with E-state index >= 15 is 0 Å². The van der Waals surface area contributed by atoms with Gasteiger partial charge in [0.1, 0.15) is 0 Å². The number of rotatable bonds is 3. The molecule has 1 aromatic carbocycles. The maximum absolute atomic E-state index is 12.7. The Morgan fingerprint density at radius 2 is 1.82 bits per heavy atom. The van der Waals surface area contributed by atoms with Crippen LogP contribution in [-0.4, -0.2) is 42.8 Å². The highest BCUT2D eigenvalue weighted by atomic mass is 35.5. The summed E-state index contributed by atoms with van der Waals surface area (Å²) in [5.74, 6) is 0. The second-order valence-corrected chi connectivity index (χ2v) is 7.35. The molecule has 124 valence electrons. The Hall–Kier alpha value is -1.22. The van der Waals surface area contributed by atoms with Gasteiger partial charge in [-0.25, -0.2) is 8.42 Å². The molecule has 1 aliphatic heterocycles. The van der Waals surface area contributed by atoms with Gasteiger partial charge in [0.25, 0.3) is 5.69 Å². The molecule has 1 aromatic rings. The van der Waals surface area contributed by atoms with Crippen LogP contribution in [-0.2, 0) is 10.0 Å². The van der Waals surface area contributed by atoms with E-state index in [1.54, 1.807) is 0 Å². The number of nitrogens with zero attached hydrogens (tertiary/aromatic N) is 2. The average Bonchev–Trinajstić information content (AvgIpc) is 2.37. The van der Waals surface area contributed by atoms with Crippen molar-refractivity contribution in [2.75, 3.05) is 13.1 Å². The number of sulfonamides is 1. The quantitative estimate of drug-likeness (QED) is 0.662. The molecule has 22 heavy (non-hydrogen) atoms. The maximum atomic E-state index is 12.7. The highest BCUT2D eigenvalue weighted by molar-refractivity contribution is 7.89. The SMILES string of the molecule is Cc1c([N+](=O)[O-])cccc1S(=O)(=O)N1CC(C)NC(C)C1.Cl. The first-order valence-corrected chi connectivity index (χ1v) is 8.17. The predicted octanol–water partition coefficient (Wildman–Crippen LogP) is 1.70. The third-order valence-electron chi connectivity index (χ3n) is 3.59. The van der Waals surface area contributed by atoms with E-state index in [4.69, 9.17) is 0 Å². The number of hydrogen-bond acceptors (Lipinski definition) is 5. The minimum absolute atomic E-state index is 0. The van der Waals surface area contributed by atoms with Crippen molar-refractivity contribution in [3.05, 3.63) is 33.9 Å². The Morgan fingerprint density at radius 3 is 2.32 bits per heavy atom. The number of benzene rings is 1. The molecule has 2 unspecified atom stereocenters. The lowest BCUT2D eigenvalue weighted by atomic mass is 10.2. The minimum atomic E-state index is -3.73. The molecule has 2 rings (SSSR count). The van der Waals surface area contributed by atoms with E-state index in [9.17, 15) is 18.5 Å². The Morgan fingerprint density at radius 1 is 1.27 bits per heavy atom. The van der Waals surface area contributed by atoms with Gasteiger partial charge in [0, 0.05) is 36.8 Å². The number of halogens is 1. The summed E-state index contributed by atoms with van der Waals surface area (Å²) in [6.07, 6.45) is 0. The first kappa shape index (κ1) is 18.8. The topological polar surface area (TPSA) is 92.5 Å². The third kappa shape index (κ3) is 3.57. The second kappa shape index (κ2) is 6.91. The van der Waals surface area contributed by atoms with E-state index < -0.39 is 14.9 Å². The van der Waals surface area contributed by atoms with Crippen LogP contribution in [0.5, 0.6) is 0 Å². The monoisotopic (exact) mass is 349 g/mol. The van der Waals surface area contributed by atoms with Gasteiger partial charge in [-0.2, -0.15) is 4.31 Å². The summed E-state index contributed by atoms with van der Waals surface area (Å²) in [4.78, 5) is 10.4. The first-order valence-electron chi connectivity index (χ1n) is 6.73. The van der Waals surface area contributed by atoms with Crippen molar-refractivity contribution in [3.63, 3.8) is 0 Å². The van der Waals surface area contributed by atoms with Crippen molar-refractivity contribution >= 4 is 28.1 Å². The standard InChI is InChI=1S/C13H19N3O4S.ClH/c1-9-7-15(8-10(2)14-9)21(19,20)13-6-4-5-12(11(13)3)16(17)18;/h4-6,9-10,14H,7-8H2,1-3H3;1H. The van der Waals surface area contributed by atoms with Crippen molar-refractivity contribution in [2.45, 2.75) is 37.8 Å². The van der Waals surface area contributed by atoms with Gasteiger partial charge in [-0.1, -0.05) is 6.07 Å². The van der Waals surface area contributed by atoms with Crippen molar-refractivity contribution < 1.29 is 13.3 Å². The Kier molecular flexibility index (Phi) is 5.91. The van der Waals surface area contributed by atoms with Crippen molar-refractivity contribution in [3.8, 4) is 0 Å². The van der Waals surface area contributed by atoms with Gasteiger partial charge in [0.2, 0.25) is 10.0 Å². The number of hydrogen-bond donors (Lipinski definition) is 1. The largest absolute Gasteiger partial charge is 0.309 e. The molecule has 0 bridgehead atoms. The zero-order chi connectivity index (χ0) is 15.8. The Balaban J connectivity index is 0.00000242. The van der Waals surface area contributed by atoms with E-state index in [0.29, 0.717) is 13.1 Å². The number of nitro groups is 1. The lowest BCUT2D eigenvalue weighted by Crippen LogP contribution is -2.55. The van der Waals surface area contributed by atoms with E-state index in [1.807, 2.05) is 13.8 Å². The molecule has 0 saturated carbocycles. The third-order valence-corrected chi connectivity index (χ3v) is 5.57. The van der Waals surface area contributed by atoms with Crippen LogP contribution >= 0.6 is 12.4 Å². The fourth-order valence-corrected chi connectivity index (χ4v) is 4.55. The molecule has 9 heteroatoms. The molecular weight excluding hydrogens is 330 g/mol. The molecule has 2 atom stereocenters. The first-order chi connectivity index (χ1) is 9.73. The summed E-state index contributed by atoms with van der Waals surface area (Å²) >= 11 is 0. The second-order valence-electron chi connectivity index (χ2n) is 5.45. The van der Waals surface area contributed by atoms with Gasteiger partial charge >= 0.3 is 0 Å². The molecule has 0 aliphatic carbocycles. The van der Waals surface area contributed by atoms with Crippen LogP contribution in [0.15, 0.2) is 23.1 Å². The molecule has 0 spiro atoms. The molecule has 1 fully saturated rings. The molecule has 7 nitrogen and oxygen atoms in total. The maximum Gasteiger partial charge on any atom is 0.273 e. The lowest BCUT2D eigenvalue weighted by Gasteiger charge is -2.35. The Bertz CT molecular complexity index is 655. The van der Waals surface area contributed by atoms with E-state index in [2.05, 4.69) is 5.32 Å². The van der Waals surface area contributed by atoms with Crippen LogP contribution in [0.2, 0.25) is 0 Å². The highest BCUT2D eigenvalue weighted by Crippen LogP contribution is 2.28. The van der Waals surface area contributed by atoms with E-state index in [-0.39, 0.29) is 40.6 Å². The van der Waals surface area contributed by atoms with Crippen LogP contribution in [0, 0.1) is 17.0 Å². The molecule has 0 aromatic heterocycles. The molecule has 1 N–H and O–H groups in total. The van der Waals surface area contributed by atoms with E-state index in [1.165, 1.54) is 29.4 Å². The van der Waals surface area contributed by atoms with Crippen LogP contribution < -0.4 is 5.32 Å². The van der Waals surface area contributed by atoms with Crippen LogP contribution in [0.3, 0.4) is 0 Å². The van der Waals surface area contributed by atoms with Gasteiger partial charge in [-0.15, -0.1) is 12.4 Å². The van der Waals surface area contributed by atoms with Crippen molar-refractivity contribution in [2.24, 2.45) is 0 Å². The fraction of sp³-hybridized carbons (Fsp3) is 0.538. The zero-order valence-electron chi connectivity index (χ0n) is 12.6. The Labute approximate surface area is 136 Å². The van der Waals surface area contributed by atoms with Crippen LogP contribution in [0.25, 0.3) is 0 Å². The fourth-order valence-electron chi connectivity index (χ4n) is 2.69. The molecule has 1 aliphatic rings. The molecule has 1 heterocycles. The van der Waals surface area contributed by atoms with Gasteiger partial charge in [-0.3, -0.25) is 10.1 Å². The summed E-state index contributed by atoms with van der Waals surface area (Å²) in [6, 6.07) is 4.24. The number of nitrogens with one attached hydrogen (secondary N) is 1. The summed E-state index contributed by atoms with van der Waals surface area (Å²) in [7, 11) is -3.73. The van der Waals surface area contributed by atoms with Crippen molar-refractivity contribution in [1.29, 1.82) is 0 Å². The van der Waals surface area contributed by atoms with Gasteiger partial charge in [-0.05, 0) is 26.8 Å². The van der Waals surface area contributed by atoms with Crippen molar-refractivity contribution in [1.82, 2.24) is 9.62 Å². The molecule has 1 saturated heterocycles.